The van der Waals surface area contributed by atoms with Gasteiger partial charge in [-0.1, -0.05) is 6.08 Å². The van der Waals surface area contributed by atoms with Gasteiger partial charge in [0.2, 0.25) is 0 Å². The molecule has 3 aliphatic heterocycles. The van der Waals surface area contributed by atoms with E-state index in [0.717, 1.165) is 25.4 Å². The van der Waals surface area contributed by atoms with E-state index in [0.29, 0.717) is 24.3 Å². The van der Waals surface area contributed by atoms with E-state index in [2.05, 4.69) is 22.9 Å². The van der Waals surface area contributed by atoms with Crippen molar-refractivity contribution >= 4 is 5.91 Å². The fraction of sp³-hybridized carbons (Fsp3) is 0.533. The second-order valence-electron chi connectivity index (χ2n) is 5.52. The molecule has 1 amide bonds. The minimum atomic E-state index is -0.118. The summed E-state index contributed by atoms with van der Waals surface area (Å²) in [5.74, 6) is 1.65. The van der Waals surface area contributed by atoms with Gasteiger partial charge >= 0.3 is 0 Å². The third-order valence-electron chi connectivity index (χ3n) is 4.48. The zero-order valence-corrected chi connectivity index (χ0v) is 11.0. The monoisotopic (exact) mass is 260 g/mol. The highest BCUT2D eigenvalue weighted by Crippen LogP contribution is 2.36. The molecule has 102 valence electrons. The Morgan fingerprint density at radius 3 is 3.16 bits per heavy atom. The van der Waals surface area contributed by atoms with Crippen molar-refractivity contribution in [1.29, 1.82) is 0 Å². The average Bonchev–Trinajstić information content (AvgIpc) is 2.99. The summed E-state index contributed by atoms with van der Waals surface area (Å²) in [5.41, 5.74) is 0. The molecule has 1 aromatic rings. The summed E-state index contributed by atoms with van der Waals surface area (Å²) < 4.78 is 5.09. The van der Waals surface area contributed by atoms with Crippen molar-refractivity contribution in [2.75, 3.05) is 19.6 Å². The molecule has 1 N–H and O–H groups in total. The molecule has 0 saturated carbocycles. The van der Waals surface area contributed by atoms with Gasteiger partial charge in [-0.3, -0.25) is 9.69 Å². The number of nitrogens with zero attached hydrogens (tertiary/aromatic N) is 1. The van der Waals surface area contributed by atoms with Crippen molar-refractivity contribution in [3.63, 3.8) is 0 Å². The van der Waals surface area contributed by atoms with Gasteiger partial charge in [-0.05, 0) is 43.4 Å². The number of carbonyl (C=O) groups excluding carboxylic acids is 1. The van der Waals surface area contributed by atoms with Gasteiger partial charge in [0, 0.05) is 19.1 Å². The SMILES string of the molecule is C=CC1CN2CCC1CC2CNC(=O)c1ccco1. The van der Waals surface area contributed by atoms with Gasteiger partial charge in [-0.2, -0.15) is 0 Å². The van der Waals surface area contributed by atoms with Gasteiger partial charge in [-0.15, -0.1) is 6.58 Å². The molecule has 4 nitrogen and oxygen atoms in total. The summed E-state index contributed by atoms with van der Waals surface area (Å²) >= 11 is 0. The Bertz CT molecular complexity index is 455. The lowest BCUT2D eigenvalue weighted by Gasteiger charge is -2.49. The second kappa shape index (κ2) is 5.21. The highest BCUT2D eigenvalue weighted by Gasteiger charge is 2.38. The first kappa shape index (κ1) is 12.5. The normalized spacial score (nSPS) is 33.1. The van der Waals surface area contributed by atoms with Crippen molar-refractivity contribution in [2.45, 2.75) is 18.9 Å². The quantitative estimate of drug-likeness (QED) is 0.841. The summed E-state index contributed by atoms with van der Waals surface area (Å²) in [6.07, 6.45) is 6.04. The zero-order chi connectivity index (χ0) is 13.2. The first-order valence-corrected chi connectivity index (χ1v) is 6.96. The van der Waals surface area contributed by atoms with Crippen molar-refractivity contribution in [3.05, 3.63) is 36.8 Å². The maximum Gasteiger partial charge on any atom is 0.287 e. The maximum absolute atomic E-state index is 11.8. The van der Waals surface area contributed by atoms with Crippen LogP contribution in [-0.4, -0.2) is 36.5 Å². The van der Waals surface area contributed by atoms with E-state index in [1.165, 1.54) is 12.7 Å². The number of hydrogen-bond donors (Lipinski definition) is 1. The molecule has 4 unspecified atom stereocenters. The number of rotatable bonds is 4. The largest absolute Gasteiger partial charge is 0.459 e. The molecular formula is C15H20N2O2. The maximum atomic E-state index is 11.8. The molecule has 4 heteroatoms. The third kappa shape index (κ3) is 2.45. The molecule has 3 aliphatic rings. The molecule has 0 spiro atoms. The van der Waals surface area contributed by atoms with E-state index in [1.807, 2.05) is 0 Å². The number of piperidine rings is 3. The van der Waals surface area contributed by atoms with Crippen molar-refractivity contribution in [2.24, 2.45) is 11.8 Å². The van der Waals surface area contributed by atoms with E-state index in [9.17, 15) is 4.79 Å². The van der Waals surface area contributed by atoms with E-state index < -0.39 is 0 Å². The fourth-order valence-corrected chi connectivity index (χ4v) is 3.36. The zero-order valence-electron chi connectivity index (χ0n) is 11.0. The molecule has 3 saturated heterocycles. The average molecular weight is 260 g/mol. The molecule has 0 aromatic carbocycles. The molecule has 0 radical (unpaired) electrons. The van der Waals surface area contributed by atoms with Crippen LogP contribution in [-0.2, 0) is 0 Å². The Morgan fingerprint density at radius 2 is 2.53 bits per heavy atom. The summed E-state index contributed by atoms with van der Waals surface area (Å²) in [5, 5.41) is 2.97. The molecule has 0 aliphatic carbocycles. The van der Waals surface area contributed by atoms with E-state index in [4.69, 9.17) is 4.42 Å². The number of furan rings is 1. The summed E-state index contributed by atoms with van der Waals surface area (Å²) in [6, 6.07) is 3.89. The number of nitrogens with one attached hydrogen (secondary N) is 1. The van der Waals surface area contributed by atoms with Gasteiger partial charge in [0.1, 0.15) is 0 Å². The number of carbonyl (C=O) groups is 1. The lowest BCUT2D eigenvalue weighted by Crippen LogP contribution is -2.56. The van der Waals surface area contributed by atoms with Crippen LogP contribution in [0.2, 0.25) is 0 Å². The predicted molar refractivity (Wildman–Crippen MR) is 72.8 cm³/mol. The number of amides is 1. The smallest absolute Gasteiger partial charge is 0.287 e. The molecule has 2 bridgehead atoms. The van der Waals surface area contributed by atoms with E-state index in [1.54, 1.807) is 12.1 Å². The van der Waals surface area contributed by atoms with Crippen LogP contribution in [0.4, 0.5) is 0 Å². The Balaban J connectivity index is 1.54. The Hall–Kier alpha value is -1.55. The van der Waals surface area contributed by atoms with Crippen molar-refractivity contribution in [1.82, 2.24) is 10.2 Å². The van der Waals surface area contributed by atoms with Gasteiger partial charge < -0.3 is 9.73 Å². The molecule has 4 rings (SSSR count). The lowest BCUT2D eigenvalue weighted by atomic mass is 9.75. The van der Waals surface area contributed by atoms with Crippen molar-refractivity contribution in [3.8, 4) is 0 Å². The van der Waals surface area contributed by atoms with Crippen LogP contribution in [0.3, 0.4) is 0 Å². The Kier molecular flexibility index (Phi) is 3.42. The second-order valence-corrected chi connectivity index (χ2v) is 5.52. The van der Waals surface area contributed by atoms with Crippen LogP contribution in [0.25, 0.3) is 0 Å². The summed E-state index contributed by atoms with van der Waals surface area (Å²) in [7, 11) is 0. The van der Waals surface area contributed by atoms with Crippen LogP contribution in [0.15, 0.2) is 35.5 Å². The fourth-order valence-electron chi connectivity index (χ4n) is 3.36. The molecular weight excluding hydrogens is 240 g/mol. The van der Waals surface area contributed by atoms with Gasteiger partial charge in [-0.25, -0.2) is 0 Å². The minimum Gasteiger partial charge on any atom is -0.459 e. The van der Waals surface area contributed by atoms with Crippen LogP contribution < -0.4 is 5.32 Å². The van der Waals surface area contributed by atoms with E-state index in [-0.39, 0.29) is 5.91 Å². The Morgan fingerprint density at radius 1 is 1.63 bits per heavy atom. The first-order chi connectivity index (χ1) is 9.28. The predicted octanol–water partition coefficient (Wildman–Crippen LogP) is 1.91. The lowest BCUT2D eigenvalue weighted by molar-refractivity contribution is 0.0194. The van der Waals surface area contributed by atoms with Crippen molar-refractivity contribution < 1.29 is 9.21 Å². The standard InChI is InChI=1S/C15H20N2O2/c1-2-11-10-17-6-5-12(11)8-13(17)9-16-15(18)14-4-3-7-19-14/h2-4,7,11-13H,1,5-6,8-10H2,(H,16,18). The number of hydrogen-bond acceptors (Lipinski definition) is 3. The summed E-state index contributed by atoms with van der Waals surface area (Å²) in [6.45, 7) is 6.88. The molecule has 4 heterocycles. The highest BCUT2D eigenvalue weighted by atomic mass is 16.3. The number of fused-ring (bicyclic) bond motifs is 3. The molecule has 3 fully saturated rings. The minimum absolute atomic E-state index is 0.118. The van der Waals surface area contributed by atoms with Crippen LogP contribution >= 0.6 is 0 Å². The summed E-state index contributed by atoms with van der Waals surface area (Å²) in [4.78, 5) is 14.3. The van der Waals surface area contributed by atoms with Crippen LogP contribution in [0, 0.1) is 11.8 Å². The molecule has 4 atom stereocenters. The van der Waals surface area contributed by atoms with Gasteiger partial charge in [0.25, 0.3) is 5.91 Å². The van der Waals surface area contributed by atoms with Gasteiger partial charge in [0.15, 0.2) is 5.76 Å². The Labute approximate surface area is 113 Å². The third-order valence-corrected chi connectivity index (χ3v) is 4.48. The van der Waals surface area contributed by atoms with Gasteiger partial charge in [0.05, 0.1) is 6.26 Å². The highest BCUT2D eigenvalue weighted by molar-refractivity contribution is 5.91. The van der Waals surface area contributed by atoms with E-state index >= 15 is 0 Å². The molecule has 1 aromatic heterocycles. The topological polar surface area (TPSA) is 45.5 Å². The molecule has 19 heavy (non-hydrogen) atoms. The van der Waals surface area contributed by atoms with Crippen LogP contribution in [0.1, 0.15) is 23.4 Å². The first-order valence-electron chi connectivity index (χ1n) is 6.96. The van der Waals surface area contributed by atoms with Crippen LogP contribution in [0.5, 0.6) is 0 Å².